The highest BCUT2D eigenvalue weighted by atomic mass is 127. The lowest BCUT2D eigenvalue weighted by atomic mass is 10.1. The SMILES string of the molecule is CN=C(NCCCOc1c(C)cccc1C)NC1CCS(=O)(=O)C1.I. The fraction of sp³-hybridized carbons (Fsp3) is 0.588. The summed E-state index contributed by atoms with van der Waals surface area (Å²) in [5.41, 5.74) is 2.28. The average Bonchev–Trinajstić information content (AvgIpc) is 2.87. The van der Waals surface area contributed by atoms with Crippen molar-refractivity contribution >= 4 is 39.8 Å². The van der Waals surface area contributed by atoms with Crippen LogP contribution in [0.5, 0.6) is 5.75 Å². The summed E-state index contributed by atoms with van der Waals surface area (Å²) < 4.78 is 28.8. The number of guanidine groups is 1. The van der Waals surface area contributed by atoms with E-state index in [1.807, 2.05) is 32.0 Å². The average molecular weight is 481 g/mol. The molecule has 25 heavy (non-hydrogen) atoms. The quantitative estimate of drug-likeness (QED) is 0.282. The van der Waals surface area contributed by atoms with Crippen LogP contribution in [-0.4, -0.2) is 52.1 Å². The zero-order valence-electron chi connectivity index (χ0n) is 15.0. The minimum Gasteiger partial charge on any atom is -0.493 e. The van der Waals surface area contributed by atoms with Gasteiger partial charge in [-0.1, -0.05) is 18.2 Å². The molecular weight excluding hydrogens is 453 g/mol. The van der Waals surface area contributed by atoms with Gasteiger partial charge >= 0.3 is 0 Å². The fourth-order valence-electron chi connectivity index (χ4n) is 2.78. The molecule has 2 rings (SSSR count). The van der Waals surface area contributed by atoms with Crippen LogP contribution in [0, 0.1) is 13.8 Å². The van der Waals surface area contributed by atoms with Crippen molar-refractivity contribution in [1.82, 2.24) is 10.6 Å². The van der Waals surface area contributed by atoms with Gasteiger partial charge in [-0.2, -0.15) is 0 Å². The Morgan fingerprint density at radius 3 is 2.56 bits per heavy atom. The lowest BCUT2D eigenvalue weighted by Crippen LogP contribution is -2.44. The minimum absolute atomic E-state index is 0. The van der Waals surface area contributed by atoms with Gasteiger partial charge in [0.15, 0.2) is 15.8 Å². The molecule has 1 aromatic carbocycles. The summed E-state index contributed by atoms with van der Waals surface area (Å²) in [4.78, 5) is 4.14. The predicted molar refractivity (Wildman–Crippen MR) is 113 cm³/mol. The van der Waals surface area contributed by atoms with Gasteiger partial charge in [-0.15, -0.1) is 24.0 Å². The van der Waals surface area contributed by atoms with Crippen molar-refractivity contribution in [2.45, 2.75) is 32.7 Å². The molecule has 0 saturated carbocycles. The zero-order valence-corrected chi connectivity index (χ0v) is 18.2. The van der Waals surface area contributed by atoms with Gasteiger partial charge in [-0.25, -0.2) is 8.42 Å². The molecule has 0 spiro atoms. The van der Waals surface area contributed by atoms with Crippen LogP contribution in [-0.2, 0) is 9.84 Å². The Morgan fingerprint density at radius 1 is 1.32 bits per heavy atom. The van der Waals surface area contributed by atoms with Gasteiger partial charge in [-0.3, -0.25) is 4.99 Å². The smallest absolute Gasteiger partial charge is 0.191 e. The molecule has 142 valence electrons. The first-order valence-corrected chi connectivity index (χ1v) is 10.1. The van der Waals surface area contributed by atoms with Crippen molar-refractivity contribution < 1.29 is 13.2 Å². The van der Waals surface area contributed by atoms with E-state index < -0.39 is 9.84 Å². The zero-order chi connectivity index (χ0) is 17.6. The summed E-state index contributed by atoms with van der Waals surface area (Å²) in [5.74, 6) is 2.04. The Balaban J connectivity index is 0.00000312. The molecule has 1 atom stereocenters. The molecule has 1 aromatic rings. The first-order valence-electron chi connectivity index (χ1n) is 8.28. The third-order valence-corrected chi connectivity index (χ3v) is 5.83. The van der Waals surface area contributed by atoms with Gasteiger partial charge in [0.05, 0.1) is 18.1 Å². The number of para-hydroxylation sites is 1. The number of halogens is 1. The lowest BCUT2D eigenvalue weighted by Gasteiger charge is -2.16. The molecule has 6 nitrogen and oxygen atoms in total. The maximum atomic E-state index is 11.5. The molecule has 2 N–H and O–H groups in total. The molecule has 1 aliphatic rings. The van der Waals surface area contributed by atoms with E-state index >= 15 is 0 Å². The van der Waals surface area contributed by atoms with Crippen LogP contribution >= 0.6 is 24.0 Å². The number of ether oxygens (including phenoxy) is 1. The first kappa shape index (κ1) is 22.0. The topological polar surface area (TPSA) is 79.8 Å². The number of benzene rings is 1. The van der Waals surface area contributed by atoms with Crippen molar-refractivity contribution in [2.24, 2.45) is 4.99 Å². The maximum Gasteiger partial charge on any atom is 0.191 e. The lowest BCUT2D eigenvalue weighted by molar-refractivity contribution is 0.307. The van der Waals surface area contributed by atoms with E-state index in [0.29, 0.717) is 25.5 Å². The number of aryl methyl sites for hydroxylation is 2. The van der Waals surface area contributed by atoms with Crippen molar-refractivity contribution in [3.05, 3.63) is 29.3 Å². The second-order valence-electron chi connectivity index (χ2n) is 6.17. The van der Waals surface area contributed by atoms with Gasteiger partial charge in [-0.05, 0) is 37.8 Å². The summed E-state index contributed by atoms with van der Waals surface area (Å²) in [5, 5.41) is 6.37. The Morgan fingerprint density at radius 2 is 2.00 bits per heavy atom. The van der Waals surface area contributed by atoms with Crippen LogP contribution in [0.2, 0.25) is 0 Å². The van der Waals surface area contributed by atoms with E-state index in [2.05, 4.69) is 15.6 Å². The minimum atomic E-state index is -2.88. The molecule has 0 bridgehead atoms. The maximum absolute atomic E-state index is 11.5. The van der Waals surface area contributed by atoms with Crippen LogP contribution in [0.1, 0.15) is 24.0 Å². The fourth-order valence-corrected chi connectivity index (χ4v) is 4.45. The normalized spacial score (nSPS) is 19.2. The molecule has 0 aliphatic carbocycles. The summed E-state index contributed by atoms with van der Waals surface area (Å²) in [7, 11) is -1.20. The van der Waals surface area contributed by atoms with Crippen molar-refractivity contribution in [3.63, 3.8) is 0 Å². The molecule has 1 aliphatic heterocycles. The van der Waals surface area contributed by atoms with E-state index in [1.165, 1.54) is 0 Å². The highest BCUT2D eigenvalue weighted by molar-refractivity contribution is 14.0. The standard InChI is InChI=1S/C17H27N3O3S.HI/c1-13-6-4-7-14(2)16(13)23-10-5-9-19-17(18-3)20-15-8-11-24(21,22)12-15;/h4,6-7,15H,5,8-12H2,1-3H3,(H2,18,19,20);1H. The Kier molecular flexibility index (Phi) is 8.98. The Hall–Kier alpha value is -1.03. The number of hydrogen-bond acceptors (Lipinski definition) is 4. The molecule has 0 aromatic heterocycles. The molecule has 1 heterocycles. The monoisotopic (exact) mass is 481 g/mol. The van der Waals surface area contributed by atoms with Crippen LogP contribution in [0.4, 0.5) is 0 Å². The van der Waals surface area contributed by atoms with Crippen molar-refractivity contribution in [3.8, 4) is 5.75 Å². The molecule has 1 unspecified atom stereocenters. The van der Waals surface area contributed by atoms with Crippen LogP contribution < -0.4 is 15.4 Å². The van der Waals surface area contributed by atoms with E-state index in [4.69, 9.17) is 4.74 Å². The van der Waals surface area contributed by atoms with Gasteiger partial charge in [0.1, 0.15) is 5.75 Å². The Labute approximate surface area is 167 Å². The molecule has 8 heteroatoms. The molecule has 0 radical (unpaired) electrons. The van der Waals surface area contributed by atoms with Gasteiger partial charge < -0.3 is 15.4 Å². The molecule has 1 fully saturated rings. The Bertz CT molecular complexity index is 672. The summed E-state index contributed by atoms with van der Waals surface area (Å²) in [6.45, 7) is 5.42. The van der Waals surface area contributed by atoms with E-state index in [1.54, 1.807) is 7.05 Å². The van der Waals surface area contributed by atoms with Gasteiger partial charge in [0, 0.05) is 19.6 Å². The van der Waals surface area contributed by atoms with Crippen LogP contribution in [0.3, 0.4) is 0 Å². The largest absolute Gasteiger partial charge is 0.493 e. The number of nitrogens with zero attached hydrogens (tertiary/aromatic N) is 1. The summed E-state index contributed by atoms with van der Waals surface area (Å²) in [6, 6.07) is 6.06. The highest BCUT2D eigenvalue weighted by Crippen LogP contribution is 2.22. The number of nitrogens with one attached hydrogen (secondary N) is 2. The number of rotatable bonds is 6. The number of sulfone groups is 1. The molecule has 1 saturated heterocycles. The second-order valence-corrected chi connectivity index (χ2v) is 8.39. The highest BCUT2D eigenvalue weighted by Gasteiger charge is 2.28. The van der Waals surface area contributed by atoms with Crippen LogP contribution in [0.25, 0.3) is 0 Å². The first-order chi connectivity index (χ1) is 11.4. The van der Waals surface area contributed by atoms with E-state index in [9.17, 15) is 8.42 Å². The summed E-state index contributed by atoms with van der Waals surface area (Å²) in [6.07, 6.45) is 1.47. The molecule has 0 amide bonds. The second kappa shape index (κ2) is 10.2. The van der Waals surface area contributed by atoms with Crippen molar-refractivity contribution in [1.29, 1.82) is 0 Å². The predicted octanol–water partition coefficient (Wildman–Crippen LogP) is 2.04. The third kappa shape index (κ3) is 7.01. The van der Waals surface area contributed by atoms with E-state index in [-0.39, 0.29) is 41.5 Å². The number of aliphatic imine (C=N–C) groups is 1. The number of hydrogen-bond donors (Lipinski definition) is 2. The van der Waals surface area contributed by atoms with Crippen molar-refractivity contribution in [2.75, 3.05) is 31.7 Å². The van der Waals surface area contributed by atoms with Crippen LogP contribution in [0.15, 0.2) is 23.2 Å². The van der Waals surface area contributed by atoms with E-state index in [0.717, 1.165) is 23.3 Å². The summed E-state index contributed by atoms with van der Waals surface area (Å²) >= 11 is 0. The van der Waals surface area contributed by atoms with Gasteiger partial charge in [0.25, 0.3) is 0 Å². The van der Waals surface area contributed by atoms with Gasteiger partial charge in [0.2, 0.25) is 0 Å². The molecular formula is C17H28IN3O3S. The third-order valence-electron chi connectivity index (χ3n) is 4.07.